The highest BCUT2D eigenvalue weighted by atomic mass is 15.2. The second-order valence-electron chi connectivity index (χ2n) is 2.49. The molecule has 11 heavy (non-hydrogen) atoms. The van der Waals surface area contributed by atoms with Crippen molar-refractivity contribution in [3.05, 3.63) is 36.3 Å². The van der Waals surface area contributed by atoms with Crippen molar-refractivity contribution in [1.29, 1.82) is 0 Å². The van der Waals surface area contributed by atoms with Crippen molar-refractivity contribution < 1.29 is 0 Å². The summed E-state index contributed by atoms with van der Waals surface area (Å²) in [6.07, 6.45) is 5.79. The van der Waals surface area contributed by atoms with Gasteiger partial charge < -0.3 is 4.57 Å². The van der Waals surface area contributed by atoms with Crippen LogP contribution in [0.5, 0.6) is 0 Å². The zero-order valence-corrected chi connectivity index (χ0v) is 6.28. The van der Waals surface area contributed by atoms with E-state index in [1.807, 2.05) is 42.2 Å². The molecule has 0 radical (unpaired) electrons. The number of rotatable bonds is 1. The van der Waals surface area contributed by atoms with Crippen LogP contribution in [0.1, 0.15) is 5.56 Å². The van der Waals surface area contributed by atoms with Gasteiger partial charge in [-0.05, 0) is 19.1 Å². The Labute approximate surface area is 64.7 Å². The van der Waals surface area contributed by atoms with Gasteiger partial charge in [0.1, 0.15) is 5.82 Å². The topological polar surface area (TPSA) is 33.6 Å². The summed E-state index contributed by atoms with van der Waals surface area (Å²) in [7, 11) is 0. The van der Waals surface area contributed by atoms with E-state index in [0.717, 1.165) is 11.4 Å². The van der Waals surface area contributed by atoms with Gasteiger partial charge in [0, 0.05) is 18.0 Å². The van der Waals surface area contributed by atoms with E-state index in [2.05, 4.69) is 10.2 Å². The fourth-order valence-corrected chi connectivity index (χ4v) is 1.08. The molecule has 0 fully saturated rings. The highest BCUT2D eigenvalue weighted by Crippen LogP contribution is 2.08. The SMILES string of the molecule is Cc1cn[nH]c1-n1cccc1. The molecular formula is C8H9N3. The molecule has 0 aliphatic carbocycles. The molecule has 0 aromatic carbocycles. The van der Waals surface area contributed by atoms with Gasteiger partial charge in [0.15, 0.2) is 0 Å². The van der Waals surface area contributed by atoms with Gasteiger partial charge in [0.2, 0.25) is 0 Å². The third kappa shape index (κ3) is 0.941. The predicted molar refractivity (Wildman–Crippen MR) is 42.7 cm³/mol. The average molecular weight is 147 g/mol. The number of H-pyrrole nitrogens is 1. The fourth-order valence-electron chi connectivity index (χ4n) is 1.08. The maximum atomic E-state index is 3.93. The first-order valence-electron chi connectivity index (χ1n) is 3.51. The van der Waals surface area contributed by atoms with E-state index in [1.54, 1.807) is 0 Å². The van der Waals surface area contributed by atoms with Crippen LogP contribution in [0, 0.1) is 6.92 Å². The molecule has 56 valence electrons. The van der Waals surface area contributed by atoms with E-state index >= 15 is 0 Å². The van der Waals surface area contributed by atoms with Crippen molar-refractivity contribution >= 4 is 0 Å². The highest BCUT2D eigenvalue weighted by Gasteiger charge is 1.99. The molecule has 2 heterocycles. The molecule has 3 nitrogen and oxygen atoms in total. The zero-order valence-electron chi connectivity index (χ0n) is 6.28. The predicted octanol–water partition coefficient (Wildman–Crippen LogP) is 1.51. The number of hydrogen-bond donors (Lipinski definition) is 1. The standard InChI is InChI=1S/C8H9N3/c1-7-6-9-10-8(7)11-4-2-3-5-11/h2-6H,1H3,(H,9,10). The quantitative estimate of drug-likeness (QED) is 0.651. The zero-order chi connectivity index (χ0) is 7.68. The summed E-state index contributed by atoms with van der Waals surface area (Å²) >= 11 is 0. The summed E-state index contributed by atoms with van der Waals surface area (Å²) in [6, 6.07) is 3.97. The van der Waals surface area contributed by atoms with Gasteiger partial charge in [-0.15, -0.1) is 0 Å². The van der Waals surface area contributed by atoms with E-state index in [-0.39, 0.29) is 0 Å². The van der Waals surface area contributed by atoms with Gasteiger partial charge in [-0.25, -0.2) is 0 Å². The minimum atomic E-state index is 1.04. The summed E-state index contributed by atoms with van der Waals surface area (Å²) in [5, 5.41) is 6.85. The first-order valence-corrected chi connectivity index (χ1v) is 3.51. The Hall–Kier alpha value is -1.51. The van der Waals surface area contributed by atoms with E-state index in [0.29, 0.717) is 0 Å². The van der Waals surface area contributed by atoms with Crippen LogP contribution in [0.25, 0.3) is 5.82 Å². The second-order valence-corrected chi connectivity index (χ2v) is 2.49. The van der Waals surface area contributed by atoms with Crippen molar-refractivity contribution in [2.45, 2.75) is 6.92 Å². The molecule has 3 heteroatoms. The molecule has 2 aromatic rings. The monoisotopic (exact) mass is 147 g/mol. The molecule has 0 aliphatic heterocycles. The van der Waals surface area contributed by atoms with Gasteiger partial charge in [0.05, 0.1) is 6.20 Å². The lowest BCUT2D eigenvalue weighted by Crippen LogP contribution is -1.91. The number of nitrogens with zero attached hydrogens (tertiary/aromatic N) is 2. The summed E-state index contributed by atoms with van der Waals surface area (Å²) in [5.74, 6) is 1.04. The van der Waals surface area contributed by atoms with E-state index < -0.39 is 0 Å². The Bertz CT molecular complexity index is 332. The van der Waals surface area contributed by atoms with Crippen LogP contribution in [-0.2, 0) is 0 Å². The van der Waals surface area contributed by atoms with Crippen LogP contribution in [0.3, 0.4) is 0 Å². The Morgan fingerprint density at radius 1 is 1.36 bits per heavy atom. The average Bonchev–Trinajstić information content (AvgIpc) is 2.55. The van der Waals surface area contributed by atoms with Gasteiger partial charge in [-0.2, -0.15) is 5.10 Å². The van der Waals surface area contributed by atoms with E-state index in [9.17, 15) is 0 Å². The molecule has 2 rings (SSSR count). The molecule has 0 unspecified atom stereocenters. The second kappa shape index (κ2) is 2.27. The van der Waals surface area contributed by atoms with Crippen molar-refractivity contribution in [2.24, 2.45) is 0 Å². The molecule has 0 atom stereocenters. The molecule has 0 spiro atoms. The normalized spacial score (nSPS) is 10.3. The molecule has 0 aliphatic rings. The minimum Gasteiger partial charge on any atom is -0.309 e. The highest BCUT2D eigenvalue weighted by molar-refractivity contribution is 5.30. The van der Waals surface area contributed by atoms with Crippen LogP contribution in [0.4, 0.5) is 0 Å². The molecule has 0 bridgehead atoms. The molecule has 0 amide bonds. The lowest BCUT2D eigenvalue weighted by atomic mass is 10.4. The minimum absolute atomic E-state index is 1.04. The number of aromatic nitrogens is 3. The molecular weight excluding hydrogens is 138 g/mol. The number of nitrogens with one attached hydrogen (secondary N) is 1. The lowest BCUT2D eigenvalue weighted by molar-refractivity contribution is 0.960. The number of aromatic amines is 1. The maximum absolute atomic E-state index is 3.93. The smallest absolute Gasteiger partial charge is 0.135 e. The summed E-state index contributed by atoms with van der Waals surface area (Å²) in [5.41, 5.74) is 1.15. The van der Waals surface area contributed by atoms with Gasteiger partial charge in [0.25, 0.3) is 0 Å². The third-order valence-electron chi connectivity index (χ3n) is 1.66. The fraction of sp³-hybridized carbons (Fsp3) is 0.125. The van der Waals surface area contributed by atoms with Gasteiger partial charge >= 0.3 is 0 Å². The van der Waals surface area contributed by atoms with Gasteiger partial charge in [-0.3, -0.25) is 5.10 Å². The van der Waals surface area contributed by atoms with Gasteiger partial charge in [-0.1, -0.05) is 0 Å². The molecule has 0 saturated carbocycles. The molecule has 1 N–H and O–H groups in total. The van der Waals surface area contributed by atoms with Crippen LogP contribution in [0.2, 0.25) is 0 Å². The third-order valence-corrected chi connectivity index (χ3v) is 1.66. The Kier molecular flexibility index (Phi) is 1.28. The van der Waals surface area contributed by atoms with Crippen LogP contribution in [0.15, 0.2) is 30.7 Å². The van der Waals surface area contributed by atoms with E-state index in [1.165, 1.54) is 0 Å². The van der Waals surface area contributed by atoms with Crippen molar-refractivity contribution in [2.75, 3.05) is 0 Å². The first kappa shape index (κ1) is 6.22. The summed E-state index contributed by atoms with van der Waals surface area (Å²) in [4.78, 5) is 0. The van der Waals surface area contributed by atoms with E-state index in [4.69, 9.17) is 0 Å². The van der Waals surface area contributed by atoms with Crippen LogP contribution >= 0.6 is 0 Å². The molecule has 2 aromatic heterocycles. The Morgan fingerprint density at radius 3 is 2.64 bits per heavy atom. The van der Waals surface area contributed by atoms with Crippen molar-refractivity contribution in [3.8, 4) is 5.82 Å². The first-order chi connectivity index (χ1) is 5.38. The Morgan fingerprint density at radius 2 is 2.09 bits per heavy atom. The largest absolute Gasteiger partial charge is 0.309 e. The maximum Gasteiger partial charge on any atom is 0.135 e. The lowest BCUT2D eigenvalue weighted by Gasteiger charge is -1.97. The summed E-state index contributed by atoms with van der Waals surface area (Å²) in [6.45, 7) is 2.03. The van der Waals surface area contributed by atoms with Crippen molar-refractivity contribution in [3.63, 3.8) is 0 Å². The summed E-state index contributed by atoms with van der Waals surface area (Å²) < 4.78 is 2.00. The van der Waals surface area contributed by atoms with Crippen molar-refractivity contribution in [1.82, 2.24) is 14.8 Å². The number of aryl methyl sites for hydroxylation is 1. The van der Waals surface area contributed by atoms with Crippen LogP contribution in [-0.4, -0.2) is 14.8 Å². The number of hydrogen-bond acceptors (Lipinski definition) is 1. The Balaban J connectivity index is 2.53. The van der Waals surface area contributed by atoms with Crippen LogP contribution < -0.4 is 0 Å². The molecule has 0 saturated heterocycles.